The average molecular weight is 778 g/mol. The van der Waals surface area contributed by atoms with E-state index < -0.39 is 0 Å². The maximum atomic E-state index is 6.39. The van der Waals surface area contributed by atoms with Crippen molar-refractivity contribution in [3.05, 3.63) is 212 Å². The van der Waals surface area contributed by atoms with Gasteiger partial charge in [0.25, 0.3) is 0 Å². The number of hydrogen-bond acceptors (Lipinski definition) is 4. The molecule has 0 bridgehead atoms. The molecule has 0 aliphatic carbocycles. The molecular formula is C57H35N3O. The number of fused-ring (bicyclic) bond motifs is 6. The van der Waals surface area contributed by atoms with Gasteiger partial charge >= 0.3 is 0 Å². The summed E-state index contributed by atoms with van der Waals surface area (Å²) >= 11 is 0. The first-order chi connectivity index (χ1) is 30.3. The first-order valence-corrected chi connectivity index (χ1v) is 20.6. The topological polar surface area (TPSA) is 51.8 Å². The Bertz CT molecular complexity index is 3570. The minimum atomic E-state index is 0.610. The van der Waals surface area contributed by atoms with Crippen molar-refractivity contribution in [3.63, 3.8) is 0 Å². The van der Waals surface area contributed by atoms with Gasteiger partial charge in [-0.15, -0.1) is 0 Å². The molecular weight excluding hydrogens is 743 g/mol. The highest BCUT2D eigenvalue weighted by Crippen LogP contribution is 2.46. The molecule has 0 aliphatic heterocycles. The molecule has 0 N–H and O–H groups in total. The summed E-state index contributed by atoms with van der Waals surface area (Å²) in [7, 11) is 0. The van der Waals surface area contributed by atoms with Crippen molar-refractivity contribution in [1.82, 2.24) is 15.0 Å². The number of furan rings is 1. The van der Waals surface area contributed by atoms with E-state index in [9.17, 15) is 0 Å². The smallest absolute Gasteiger partial charge is 0.164 e. The lowest BCUT2D eigenvalue weighted by Gasteiger charge is -2.19. The summed E-state index contributed by atoms with van der Waals surface area (Å²) in [5.74, 6) is 1.86. The second-order valence-electron chi connectivity index (χ2n) is 15.4. The van der Waals surface area contributed by atoms with Crippen LogP contribution < -0.4 is 0 Å². The molecule has 0 unspecified atom stereocenters. The molecule has 4 nitrogen and oxygen atoms in total. The Balaban J connectivity index is 1.03. The second kappa shape index (κ2) is 14.3. The van der Waals surface area contributed by atoms with E-state index in [1.54, 1.807) is 0 Å². The van der Waals surface area contributed by atoms with Crippen LogP contribution >= 0.6 is 0 Å². The van der Waals surface area contributed by atoms with Gasteiger partial charge in [0.2, 0.25) is 0 Å². The van der Waals surface area contributed by atoms with Crippen molar-refractivity contribution in [1.29, 1.82) is 0 Å². The lowest BCUT2D eigenvalue weighted by atomic mass is 9.84. The third-order valence-corrected chi connectivity index (χ3v) is 12.0. The van der Waals surface area contributed by atoms with Gasteiger partial charge in [-0.3, -0.25) is 0 Å². The van der Waals surface area contributed by atoms with Gasteiger partial charge in [0.05, 0.1) is 0 Å². The van der Waals surface area contributed by atoms with Crippen LogP contribution in [0.5, 0.6) is 0 Å². The summed E-state index contributed by atoms with van der Waals surface area (Å²) in [6.07, 6.45) is 0. The van der Waals surface area contributed by atoms with Crippen molar-refractivity contribution in [3.8, 4) is 67.5 Å². The lowest BCUT2D eigenvalue weighted by Crippen LogP contribution is -2.01. The number of benzene rings is 10. The average Bonchev–Trinajstić information content (AvgIpc) is 3.72. The standard InChI is InChI=1S/C57H35N3O/c1-3-16-37(17-4-1)52-44-23-9-11-25-46(44)53(47-26-12-10-24-45(47)52)48-34-35-50(42-21-8-7-20-41(42)48)57-59-55(38-18-5-2-6-19-38)58-56(60-57)39-32-30-36(31-33-39)40-27-15-28-49-43-22-13-14-29-51(43)61-54(40)49/h1-35H. The number of rotatable bonds is 6. The van der Waals surface area contributed by atoms with Crippen molar-refractivity contribution in [2.45, 2.75) is 0 Å². The molecule has 0 saturated heterocycles. The molecule has 61 heavy (non-hydrogen) atoms. The Morgan fingerprint density at radius 3 is 1.33 bits per heavy atom. The Hall–Kier alpha value is -8.21. The quantitative estimate of drug-likeness (QED) is 0.158. The lowest BCUT2D eigenvalue weighted by molar-refractivity contribution is 0.670. The number of nitrogens with zero attached hydrogens (tertiary/aromatic N) is 3. The normalized spacial score (nSPS) is 11.6. The summed E-state index contributed by atoms with van der Waals surface area (Å²) in [4.78, 5) is 15.5. The van der Waals surface area contributed by atoms with E-state index >= 15 is 0 Å². The van der Waals surface area contributed by atoms with Gasteiger partial charge in [-0.1, -0.05) is 200 Å². The molecule has 12 rings (SSSR count). The number of aromatic nitrogens is 3. The molecule has 0 amide bonds. The van der Waals surface area contributed by atoms with Crippen molar-refractivity contribution in [2.75, 3.05) is 0 Å². The van der Waals surface area contributed by atoms with E-state index in [0.29, 0.717) is 17.5 Å². The molecule has 12 aromatic rings. The first kappa shape index (κ1) is 34.8. The van der Waals surface area contributed by atoms with Crippen LogP contribution in [0.4, 0.5) is 0 Å². The molecule has 284 valence electrons. The molecule has 2 heterocycles. The maximum absolute atomic E-state index is 6.39. The van der Waals surface area contributed by atoms with Gasteiger partial charge in [0, 0.05) is 33.0 Å². The van der Waals surface area contributed by atoms with Crippen LogP contribution in [0, 0.1) is 0 Å². The zero-order valence-corrected chi connectivity index (χ0v) is 33.0. The zero-order valence-electron chi connectivity index (χ0n) is 33.0. The number of hydrogen-bond donors (Lipinski definition) is 0. The minimum absolute atomic E-state index is 0.610. The van der Waals surface area contributed by atoms with Crippen LogP contribution in [-0.4, -0.2) is 15.0 Å². The third kappa shape index (κ3) is 5.80. The fourth-order valence-corrected chi connectivity index (χ4v) is 9.16. The summed E-state index contributed by atoms with van der Waals surface area (Å²) < 4.78 is 6.39. The molecule has 2 aromatic heterocycles. The van der Waals surface area contributed by atoms with Crippen LogP contribution in [0.25, 0.3) is 122 Å². The van der Waals surface area contributed by atoms with Crippen molar-refractivity contribution >= 4 is 54.3 Å². The van der Waals surface area contributed by atoms with E-state index in [1.807, 2.05) is 30.3 Å². The molecule has 0 radical (unpaired) electrons. The van der Waals surface area contributed by atoms with Gasteiger partial charge in [0.1, 0.15) is 11.2 Å². The van der Waals surface area contributed by atoms with Gasteiger partial charge in [-0.05, 0) is 72.3 Å². The van der Waals surface area contributed by atoms with E-state index in [4.69, 9.17) is 19.4 Å². The SMILES string of the molecule is c1ccc(-c2nc(-c3ccc(-c4cccc5c4oc4ccccc45)cc3)nc(-c3ccc(-c4c5ccccc5c(-c5ccccc5)c5ccccc45)c4ccccc34)n2)cc1. The predicted molar refractivity (Wildman–Crippen MR) is 252 cm³/mol. The van der Waals surface area contributed by atoms with Crippen LogP contribution in [0.2, 0.25) is 0 Å². The Kier molecular flexibility index (Phi) is 8.13. The van der Waals surface area contributed by atoms with E-state index in [1.165, 1.54) is 43.8 Å². The van der Waals surface area contributed by atoms with E-state index in [0.717, 1.165) is 60.5 Å². The largest absolute Gasteiger partial charge is 0.455 e. The molecule has 0 spiro atoms. The van der Waals surface area contributed by atoms with Gasteiger partial charge in [0.15, 0.2) is 17.5 Å². The van der Waals surface area contributed by atoms with Gasteiger partial charge in [-0.2, -0.15) is 0 Å². The highest BCUT2D eigenvalue weighted by Gasteiger charge is 2.21. The van der Waals surface area contributed by atoms with Crippen LogP contribution in [0.15, 0.2) is 217 Å². The highest BCUT2D eigenvalue weighted by molar-refractivity contribution is 6.24. The monoisotopic (exact) mass is 777 g/mol. The Morgan fingerprint density at radius 1 is 0.246 bits per heavy atom. The Morgan fingerprint density at radius 2 is 0.689 bits per heavy atom. The molecule has 0 saturated carbocycles. The van der Waals surface area contributed by atoms with Gasteiger partial charge in [-0.25, -0.2) is 15.0 Å². The second-order valence-corrected chi connectivity index (χ2v) is 15.4. The maximum Gasteiger partial charge on any atom is 0.164 e. The van der Waals surface area contributed by atoms with E-state index in [2.05, 4.69) is 182 Å². The fraction of sp³-hybridized carbons (Fsp3) is 0. The third-order valence-electron chi connectivity index (χ3n) is 12.0. The van der Waals surface area contributed by atoms with Crippen LogP contribution in [0.1, 0.15) is 0 Å². The van der Waals surface area contributed by atoms with Crippen LogP contribution in [0.3, 0.4) is 0 Å². The van der Waals surface area contributed by atoms with Gasteiger partial charge < -0.3 is 4.42 Å². The summed E-state index contributed by atoms with van der Waals surface area (Å²) in [6, 6.07) is 74.6. The fourth-order valence-electron chi connectivity index (χ4n) is 9.16. The van der Waals surface area contributed by atoms with Crippen molar-refractivity contribution in [2.24, 2.45) is 0 Å². The Labute approximate surface area is 352 Å². The molecule has 0 aliphatic rings. The summed E-state index contributed by atoms with van der Waals surface area (Å²) in [6.45, 7) is 0. The molecule has 4 heteroatoms. The molecule has 10 aromatic carbocycles. The summed E-state index contributed by atoms with van der Waals surface area (Å²) in [5, 5.41) is 9.32. The first-order valence-electron chi connectivity index (χ1n) is 20.6. The predicted octanol–water partition coefficient (Wildman–Crippen LogP) is 15.2. The molecule has 0 atom stereocenters. The van der Waals surface area contributed by atoms with E-state index in [-0.39, 0.29) is 0 Å². The van der Waals surface area contributed by atoms with Crippen LogP contribution in [-0.2, 0) is 0 Å². The van der Waals surface area contributed by atoms with Crippen molar-refractivity contribution < 1.29 is 4.42 Å². The zero-order chi connectivity index (χ0) is 40.3. The molecule has 0 fully saturated rings. The highest BCUT2D eigenvalue weighted by atomic mass is 16.3. The minimum Gasteiger partial charge on any atom is -0.455 e. The summed E-state index contributed by atoms with van der Waals surface area (Å²) in [5.41, 5.74) is 11.5. The number of para-hydroxylation sites is 2.